The van der Waals surface area contributed by atoms with Gasteiger partial charge in [-0.25, -0.2) is 34.9 Å². The number of anilines is 6. The fourth-order valence-corrected chi connectivity index (χ4v) is 7.56. The number of aliphatic imine (C=N–C) groups is 2. The van der Waals surface area contributed by atoms with Gasteiger partial charge in [0.25, 0.3) is 12.0 Å². The van der Waals surface area contributed by atoms with E-state index in [4.69, 9.17) is 42.1 Å². The molecule has 328 valence electrons. The number of nitrogens with one attached hydrogen (secondary N) is 4. The fraction of sp³-hybridized carbons (Fsp3) is 0.174. The van der Waals surface area contributed by atoms with Crippen molar-refractivity contribution >= 4 is 103 Å². The van der Waals surface area contributed by atoms with Gasteiger partial charge in [-0.2, -0.15) is 0 Å². The second kappa shape index (κ2) is 20.0. The molecule has 0 saturated heterocycles. The predicted molar refractivity (Wildman–Crippen MR) is 257 cm³/mol. The van der Waals surface area contributed by atoms with Gasteiger partial charge in [0.15, 0.2) is 0 Å². The van der Waals surface area contributed by atoms with Crippen molar-refractivity contribution in [3.05, 3.63) is 142 Å². The normalized spacial score (nSPS) is 15.2. The molecule has 2 atom stereocenters. The molecule has 16 nitrogen and oxygen atoms in total. The molecule has 0 unspecified atom stereocenters. The summed E-state index contributed by atoms with van der Waals surface area (Å²) in [5.41, 5.74) is 5.69. The van der Waals surface area contributed by atoms with E-state index in [9.17, 15) is 0 Å². The Morgan fingerprint density at radius 2 is 1.26 bits per heavy atom. The molecule has 6 heterocycles. The number of ether oxygens (including phenoxy) is 4. The molecule has 2 aliphatic heterocycles. The second-order valence-corrected chi connectivity index (χ2v) is 16.5. The highest BCUT2D eigenvalue weighted by molar-refractivity contribution is 7.09. The zero-order valence-corrected chi connectivity index (χ0v) is 37.2. The summed E-state index contributed by atoms with van der Waals surface area (Å²) in [5, 5.41) is 18.5. The first-order valence-corrected chi connectivity index (χ1v) is 22.0. The zero-order valence-electron chi connectivity index (χ0n) is 34.9. The standard InChI is InChI=1S/C24H21ClN6O2.C22H19ClN6O2S/c1-15-12-27-24(33-15)31-16-5-7-21-19(10-16)23(29-14-28-21)30-17-6-8-22(20(25)11-17)32-13-18-4-2-3-9-26-18;1-13-10-31-22(27-13)29-14-2-4-18-16(8-14)21(26-12-25-18)28-15-3-5-19(17(23)9-15)30-11-20-24-6-7-32-20/h2-11,14-15H,12-13H2,1H3,(H,27,31)(H,28,29,30);2-9,12-13H,10-11H2,1H3,(H,27,29)(H,25,26,28)/t15-;13-/m00/s1. The third-order valence-electron chi connectivity index (χ3n) is 9.70. The van der Waals surface area contributed by atoms with Crippen molar-refractivity contribution in [2.45, 2.75) is 39.2 Å². The highest BCUT2D eigenvalue weighted by Crippen LogP contribution is 2.34. The van der Waals surface area contributed by atoms with Gasteiger partial charge < -0.3 is 40.2 Å². The molecule has 0 bridgehead atoms. The van der Waals surface area contributed by atoms with E-state index in [1.807, 2.05) is 98.1 Å². The summed E-state index contributed by atoms with van der Waals surface area (Å²) >= 11 is 14.4. The Labute approximate surface area is 387 Å². The SMILES string of the molecule is C[C@H]1CN=C(Nc2ccc3ncnc(Nc4ccc(OCc5ccccn5)c(Cl)c4)c3c2)O1.C[C@H]1COC(Nc2ccc3ncnc(Nc4ccc(OCc5nccs5)c(Cl)c4)c3c2)=N1. The van der Waals surface area contributed by atoms with Gasteiger partial charge in [-0.05, 0) is 98.8 Å². The first kappa shape index (κ1) is 42.9. The quantitative estimate of drug-likeness (QED) is 0.0906. The van der Waals surface area contributed by atoms with Crippen LogP contribution in [0.4, 0.5) is 34.4 Å². The summed E-state index contributed by atoms with van der Waals surface area (Å²) in [6.45, 7) is 5.93. The van der Waals surface area contributed by atoms with Gasteiger partial charge >= 0.3 is 0 Å². The van der Waals surface area contributed by atoms with Gasteiger partial charge in [-0.15, -0.1) is 11.3 Å². The number of fused-ring (bicyclic) bond motifs is 2. The van der Waals surface area contributed by atoms with Gasteiger partial charge in [-0.3, -0.25) is 4.98 Å². The molecule has 4 aromatic heterocycles. The Hall–Kier alpha value is -7.34. The molecular weight excluding hydrogens is 888 g/mol. The zero-order chi connectivity index (χ0) is 44.5. The lowest BCUT2D eigenvalue weighted by molar-refractivity contribution is 0.245. The molecule has 19 heteroatoms. The van der Waals surface area contributed by atoms with E-state index in [1.54, 1.807) is 24.5 Å². The first-order valence-electron chi connectivity index (χ1n) is 20.4. The minimum atomic E-state index is 0.0779. The summed E-state index contributed by atoms with van der Waals surface area (Å²) in [7, 11) is 0. The van der Waals surface area contributed by atoms with Crippen LogP contribution in [0.15, 0.2) is 131 Å². The number of amidine groups is 2. The highest BCUT2D eigenvalue weighted by atomic mass is 35.5. The van der Waals surface area contributed by atoms with Crippen LogP contribution in [0.5, 0.6) is 11.5 Å². The van der Waals surface area contributed by atoms with Crippen molar-refractivity contribution in [2.75, 3.05) is 34.4 Å². The maximum atomic E-state index is 6.46. The highest BCUT2D eigenvalue weighted by Gasteiger charge is 2.17. The van der Waals surface area contributed by atoms with Crippen molar-refractivity contribution < 1.29 is 18.9 Å². The van der Waals surface area contributed by atoms with Gasteiger partial charge in [-0.1, -0.05) is 29.3 Å². The van der Waals surface area contributed by atoms with Gasteiger partial charge in [0.1, 0.15) is 66.7 Å². The number of thiazole rings is 1. The van der Waals surface area contributed by atoms with E-state index in [0.717, 1.165) is 55.3 Å². The van der Waals surface area contributed by atoms with E-state index >= 15 is 0 Å². The number of pyridine rings is 1. The average Bonchev–Trinajstić information content (AvgIpc) is 4.10. The number of rotatable bonds is 12. The van der Waals surface area contributed by atoms with E-state index in [0.29, 0.717) is 71.6 Å². The van der Waals surface area contributed by atoms with Crippen molar-refractivity contribution in [3.8, 4) is 11.5 Å². The van der Waals surface area contributed by atoms with Crippen molar-refractivity contribution in [1.82, 2.24) is 29.9 Å². The van der Waals surface area contributed by atoms with Crippen molar-refractivity contribution in [1.29, 1.82) is 0 Å². The van der Waals surface area contributed by atoms with Crippen LogP contribution in [0.3, 0.4) is 0 Å². The predicted octanol–water partition coefficient (Wildman–Crippen LogP) is 10.4. The number of benzene rings is 4. The Balaban J connectivity index is 0.000000164. The number of hydrogen-bond donors (Lipinski definition) is 4. The average molecular weight is 928 g/mol. The third kappa shape index (κ3) is 11.1. The topological polar surface area (TPSA) is 187 Å². The number of aromatic nitrogens is 6. The molecule has 0 fully saturated rings. The van der Waals surface area contributed by atoms with Crippen LogP contribution in [0.25, 0.3) is 21.8 Å². The molecule has 4 aromatic carbocycles. The number of hydrogen-bond acceptors (Lipinski definition) is 17. The lowest BCUT2D eigenvalue weighted by Crippen LogP contribution is -2.15. The Kier molecular flexibility index (Phi) is 13.2. The summed E-state index contributed by atoms with van der Waals surface area (Å²) < 4.78 is 22.8. The molecule has 8 aromatic rings. The van der Waals surface area contributed by atoms with Gasteiger partial charge in [0.2, 0.25) is 0 Å². The van der Waals surface area contributed by atoms with Gasteiger partial charge in [0, 0.05) is 51.3 Å². The van der Waals surface area contributed by atoms with Crippen LogP contribution in [0, 0.1) is 0 Å². The maximum Gasteiger partial charge on any atom is 0.289 e. The minimum Gasteiger partial charge on any atom is -0.486 e. The number of halogens is 2. The Morgan fingerprint density at radius 3 is 1.80 bits per heavy atom. The van der Waals surface area contributed by atoms with Crippen LogP contribution in [-0.4, -0.2) is 67.2 Å². The molecular formula is C46H40Cl2N12O4S. The molecule has 0 radical (unpaired) electrons. The molecule has 0 aliphatic carbocycles. The molecule has 65 heavy (non-hydrogen) atoms. The maximum absolute atomic E-state index is 6.46. The van der Waals surface area contributed by atoms with E-state index < -0.39 is 0 Å². The molecule has 4 N–H and O–H groups in total. The Morgan fingerprint density at radius 1 is 0.646 bits per heavy atom. The molecule has 0 amide bonds. The van der Waals surface area contributed by atoms with Gasteiger partial charge in [0.05, 0.1) is 39.4 Å². The van der Waals surface area contributed by atoms with E-state index in [2.05, 4.69) is 61.2 Å². The lowest BCUT2D eigenvalue weighted by Gasteiger charge is -2.13. The molecule has 0 saturated carbocycles. The summed E-state index contributed by atoms with van der Waals surface area (Å²) in [5.74, 6) is 2.50. The molecule has 2 aliphatic rings. The monoisotopic (exact) mass is 926 g/mol. The molecule has 10 rings (SSSR count). The largest absolute Gasteiger partial charge is 0.486 e. The third-order valence-corrected chi connectivity index (χ3v) is 11.0. The fourth-order valence-electron chi connectivity index (χ4n) is 6.57. The van der Waals surface area contributed by atoms with Crippen LogP contribution < -0.4 is 30.7 Å². The summed E-state index contributed by atoms with van der Waals surface area (Å²) in [6, 6.07) is 29.5. The summed E-state index contributed by atoms with van der Waals surface area (Å²) in [6.07, 6.45) is 6.61. The van der Waals surface area contributed by atoms with Crippen LogP contribution in [0.2, 0.25) is 10.0 Å². The first-order chi connectivity index (χ1) is 31.8. The van der Waals surface area contributed by atoms with Crippen molar-refractivity contribution in [3.63, 3.8) is 0 Å². The smallest absolute Gasteiger partial charge is 0.289 e. The second-order valence-electron chi connectivity index (χ2n) is 14.7. The van der Waals surface area contributed by atoms with Crippen molar-refractivity contribution in [2.24, 2.45) is 9.98 Å². The van der Waals surface area contributed by atoms with E-state index in [-0.39, 0.29) is 12.1 Å². The van der Waals surface area contributed by atoms with Crippen LogP contribution >= 0.6 is 34.5 Å². The lowest BCUT2D eigenvalue weighted by atomic mass is 10.2. The number of nitrogens with zero attached hydrogens (tertiary/aromatic N) is 8. The van der Waals surface area contributed by atoms with E-state index in [1.165, 1.54) is 24.0 Å². The Bertz CT molecular complexity index is 3000. The van der Waals surface area contributed by atoms with Crippen LogP contribution in [-0.2, 0) is 22.7 Å². The minimum absolute atomic E-state index is 0.0779. The molecule has 0 spiro atoms. The van der Waals surface area contributed by atoms with Crippen LogP contribution in [0.1, 0.15) is 24.5 Å². The summed E-state index contributed by atoms with van der Waals surface area (Å²) in [4.78, 5) is 34.8.